The summed E-state index contributed by atoms with van der Waals surface area (Å²) in [6.45, 7) is 1.36. The highest BCUT2D eigenvalue weighted by Gasteiger charge is 2.33. The van der Waals surface area contributed by atoms with E-state index in [0.29, 0.717) is 18.8 Å². The van der Waals surface area contributed by atoms with Crippen molar-refractivity contribution in [2.75, 3.05) is 13.1 Å². The number of carbonyl (C=O) groups is 1. The van der Waals surface area contributed by atoms with Gasteiger partial charge in [-0.1, -0.05) is 23.4 Å². The normalized spacial score (nSPS) is 15.5. The minimum atomic E-state index is 0.0394. The summed E-state index contributed by atoms with van der Waals surface area (Å²) in [7, 11) is 0. The molecule has 1 saturated heterocycles. The standard InChI is InChI=1S/C14H13N5O/c20-14(13-7-10-3-1-2-4-12(10)16-13)18-8-11(9-18)19-6-5-15-17-19/h1-7,11,16H,8-9H2. The number of benzene rings is 1. The van der Waals surface area contributed by atoms with Gasteiger partial charge in [0.15, 0.2) is 0 Å². The zero-order chi connectivity index (χ0) is 13.5. The number of amides is 1. The van der Waals surface area contributed by atoms with Crippen molar-refractivity contribution in [3.63, 3.8) is 0 Å². The van der Waals surface area contributed by atoms with Crippen LogP contribution in [0.3, 0.4) is 0 Å². The third kappa shape index (κ3) is 1.69. The van der Waals surface area contributed by atoms with Crippen LogP contribution in [0.2, 0.25) is 0 Å². The van der Waals surface area contributed by atoms with Crippen LogP contribution < -0.4 is 0 Å². The van der Waals surface area contributed by atoms with Gasteiger partial charge in [0.1, 0.15) is 5.69 Å². The predicted molar refractivity (Wildman–Crippen MR) is 73.3 cm³/mol. The van der Waals surface area contributed by atoms with Crippen LogP contribution in [-0.4, -0.2) is 43.9 Å². The summed E-state index contributed by atoms with van der Waals surface area (Å²) in [6.07, 6.45) is 3.48. The fraction of sp³-hybridized carbons (Fsp3) is 0.214. The Balaban J connectivity index is 1.51. The molecular weight excluding hydrogens is 254 g/mol. The maximum Gasteiger partial charge on any atom is 0.270 e. The van der Waals surface area contributed by atoms with Crippen LogP contribution in [0.25, 0.3) is 10.9 Å². The SMILES string of the molecule is O=C(c1cc2ccccc2[nH]1)N1CC(n2ccnn2)C1. The molecule has 2 aromatic heterocycles. The van der Waals surface area contributed by atoms with E-state index >= 15 is 0 Å². The van der Waals surface area contributed by atoms with Crippen LogP contribution >= 0.6 is 0 Å². The number of nitrogens with zero attached hydrogens (tertiary/aromatic N) is 4. The van der Waals surface area contributed by atoms with Crippen molar-refractivity contribution in [2.45, 2.75) is 6.04 Å². The number of nitrogens with one attached hydrogen (secondary N) is 1. The van der Waals surface area contributed by atoms with Crippen LogP contribution in [0, 0.1) is 0 Å². The Morgan fingerprint density at radius 1 is 1.30 bits per heavy atom. The highest BCUT2D eigenvalue weighted by atomic mass is 16.2. The number of fused-ring (bicyclic) bond motifs is 1. The Kier molecular flexibility index (Phi) is 2.35. The molecule has 1 amide bonds. The van der Waals surface area contributed by atoms with Crippen molar-refractivity contribution in [3.05, 3.63) is 48.4 Å². The average Bonchev–Trinajstić information content (AvgIpc) is 3.05. The van der Waals surface area contributed by atoms with Gasteiger partial charge in [-0.05, 0) is 12.1 Å². The molecule has 0 radical (unpaired) electrons. The lowest BCUT2D eigenvalue weighted by Gasteiger charge is -2.38. The summed E-state index contributed by atoms with van der Waals surface area (Å²) in [5, 5.41) is 8.81. The zero-order valence-corrected chi connectivity index (χ0v) is 10.7. The minimum absolute atomic E-state index is 0.0394. The highest BCUT2D eigenvalue weighted by Crippen LogP contribution is 2.23. The van der Waals surface area contributed by atoms with Gasteiger partial charge >= 0.3 is 0 Å². The van der Waals surface area contributed by atoms with Gasteiger partial charge in [0, 0.05) is 30.2 Å². The van der Waals surface area contributed by atoms with E-state index in [1.807, 2.05) is 41.4 Å². The molecule has 3 aromatic rings. The van der Waals surface area contributed by atoms with Crippen molar-refractivity contribution in [3.8, 4) is 0 Å². The first-order valence-corrected chi connectivity index (χ1v) is 6.54. The molecule has 6 heteroatoms. The molecule has 6 nitrogen and oxygen atoms in total. The average molecular weight is 267 g/mol. The van der Waals surface area contributed by atoms with E-state index in [-0.39, 0.29) is 11.9 Å². The molecule has 0 saturated carbocycles. The van der Waals surface area contributed by atoms with Gasteiger partial charge in [0.2, 0.25) is 0 Å². The smallest absolute Gasteiger partial charge is 0.270 e. The van der Waals surface area contributed by atoms with Crippen molar-refractivity contribution < 1.29 is 4.79 Å². The lowest BCUT2D eigenvalue weighted by molar-refractivity contribution is 0.0493. The maximum atomic E-state index is 12.4. The zero-order valence-electron chi connectivity index (χ0n) is 10.7. The summed E-state index contributed by atoms with van der Waals surface area (Å²) in [5.41, 5.74) is 1.63. The van der Waals surface area contributed by atoms with E-state index in [1.54, 1.807) is 10.9 Å². The number of carbonyl (C=O) groups excluding carboxylic acids is 1. The molecule has 0 unspecified atom stereocenters. The van der Waals surface area contributed by atoms with Gasteiger partial charge in [-0.2, -0.15) is 0 Å². The van der Waals surface area contributed by atoms with Gasteiger partial charge in [-0.25, -0.2) is 4.68 Å². The summed E-state index contributed by atoms with van der Waals surface area (Å²) >= 11 is 0. The second kappa shape index (κ2) is 4.19. The monoisotopic (exact) mass is 267 g/mol. The molecule has 1 aliphatic heterocycles. The van der Waals surface area contributed by atoms with Crippen molar-refractivity contribution >= 4 is 16.8 Å². The molecule has 0 bridgehead atoms. The number of rotatable bonds is 2. The Morgan fingerprint density at radius 2 is 2.15 bits per heavy atom. The number of aromatic amines is 1. The topological polar surface area (TPSA) is 66.8 Å². The molecule has 3 heterocycles. The van der Waals surface area contributed by atoms with E-state index < -0.39 is 0 Å². The molecule has 1 aliphatic rings. The lowest BCUT2D eigenvalue weighted by Crippen LogP contribution is -2.51. The highest BCUT2D eigenvalue weighted by molar-refractivity contribution is 5.98. The van der Waals surface area contributed by atoms with Gasteiger partial charge in [0.05, 0.1) is 12.2 Å². The third-order valence-electron chi connectivity index (χ3n) is 3.72. The Labute approximate surface area is 115 Å². The van der Waals surface area contributed by atoms with E-state index in [0.717, 1.165) is 10.9 Å². The molecule has 0 atom stereocenters. The van der Waals surface area contributed by atoms with Crippen LogP contribution in [0.1, 0.15) is 16.5 Å². The first kappa shape index (κ1) is 11.2. The molecule has 20 heavy (non-hydrogen) atoms. The molecule has 1 fully saturated rings. The van der Waals surface area contributed by atoms with Gasteiger partial charge in [-0.3, -0.25) is 4.79 Å². The van der Waals surface area contributed by atoms with Crippen molar-refractivity contribution in [1.29, 1.82) is 0 Å². The van der Waals surface area contributed by atoms with Crippen LogP contribution in [-0.2, 0) is 0 Å². The molecule has 4 rings (SSSR count). The number of aromatic nitrogens is 4. The summed E-state index contributed by atoms with van der Waals surface area (Å²) < 4.78 is 1.80. The second-order valence-electron chi connectivity index (χ2n) is 5.02. The number of hydrogen-bond acceptors (Lipinski definition) is 3. The first-order valence-electron chi connectivity index (χ1n) is 6.54. The molecule has 1 N–H and O–H groups in total. The fourth-order valence-electron chi connectivity index (χ4n) is 2.56. The minimum Gasteiger partial charge on any atom is -0.351 e. The van der Waals surface area contributed by atoms with Crippen LogP contribution in [0.5, 0.6) is 0 Å². The summed E-state index contributed by atoms with van der Waals surface area (Å²) in [5.74, 6) is 0.0394. The third-order valence-corrected chi connectivity index (χ3v) is 3.72. The molecule has 1 aromatic carbocycles. The second-order valence-corrected chi connectivity index (χ2v) is 5.02. The summed E-state index contributed by atoms with van der Waals surface area (Å²) in [6, 6.07) is 10.0. The van der Waals surface area contributed by atoms with E-state index in [1.165, 1.54) is 0 Å². The lowest BCUT2D eigenvalue weighted by atomic mass is 10.1. The molecular formula is C14H13N5O. The number of likely N-dealkylation sites (tertiary alicyclic amines) is 1. The molecule has 100 valence electrons. The Hall–Kier alpha value is -2.63. The first-order chi connectivity index (χ1) is 9.81. The van der Waals surface area contributed by atoms with Crippen molar-refractivity contribution in [1.82, 2.24) is 24.9 Å². The van der Waals surface area contributed by atoms with Gasteiger partial charge in [-0.15, -0.1) is 5.10 Å². The van der Waals surface area contributed by atoms with Crippen molar-refractivity contribution in [2.24, 2.45) is 0 Å². The van der Waals surface area contributed by atoms with Crippen LogP contribution in [0.4, 0.5) is 0 Å². The summed E-state index contributed by atoms with van der Waals surface area (Å²) in [4.78, 5) is 17.3. The van der Waals surface area contributed by atoms with E-state index in [4.69, 9.17) is 0 Å². The van der Waals surface area contributed by atoms with E-state index in [9.17, 15) is 4.79 Å². The quantitative estimate of drug-likeness (QED) is 0.764. The number of para-hydroxylation sites is 1. The van der Waals surface area contributed by atoms with Gasteiger partial charge in [0.25, 0.3) is 5.91 Å². The van der Waals surface area contributed by atoms with Crippen LogP contribution in [0.15, 0.2) is 42.7 Å². The fourth-order valence-corrected chi connectivity index (χ4v) is 2.56. The van der Waals surface area contributed by atoms with Gasteiger partial charge < -0.3 is 9.88 Å². The molecule has 0 aliphatic carbocycles. The predicted octanol–water partition coefficient (Wildman–Crippen LogP) is 1.46. The maximum absolute atomic E-state index is 12.4. The Bertz CT molecular complexity index is 722. The van der Waals surface area contributed by atoms with E-state index in [2.05, 4.69) is 15.3 Å². The number of hydrogen-bond donors (Lipinski definition) is 1. The Morgan fingerprint density at radius 3 is 2.90 bits per heavy atom. The largest absolute Gasteiger partial charge is 0.351 e. The molecule has 0 spiro atoms. The number of H-pyrrole nitrogens is 1.